The van der Waals surface area contributed by atoms with Crippen molar-refractivity contribution in [2.45, 2.75) is 12.2 Å². The molecule has 2 aromatic rings. The summed E-state index contributed by atoms with van der Waals surface area (Å²) in [5, 5.41) is 0. The normalized spacial score (nSPS) is 13.2. The number of nitrogens with two attached hydrogens (primary N) is 1. The third-order valence-corrected chi connectivity index (χ3v) is 2.71. The van der Waals surface area contributed by atoms with Crippen molar-refractivity contribution >= 4 is 0 Å². The minimum Gasteiger partial charge on any atom is -0.271 e. The average molecular weight is 286 g/mol. The SMILES string of the molecule is NNC(c1cncnc1)c1ccc(C(F)(F)F)c(F)c1. The van der Waals surface area contributed by atoms with E-state index in [0.717, 1.165) is 12.1 Å². The summed E-state index contributed by atoms with van der Waals surface area (Å²) in [6.07, 6.45) is -0.561. The van der Waals surface area contributed by atoms with Gasteiger partial charge in [0.1, 0.15) is 12.1 Å². The van der Waals surface area contributed by atoms with E-state index >= 15 is 0 Å². The summed E-state index contributed by atoms with van der Waals surface area (Å²) in [5.74, 6) is 4.01. The third-order valence-electron chi connectivity index (χ3n) is 2.71. The van der Waals surface area contributed by atoms with Crippen LogP contribution < -0.4 is 11.3 Å². The lowest BCUT2D eigenvalue weighted by Gasteiger charge is -2.17. The fourth-order valence-corrected chi connectivity index (χ4v) is 1.79. The standard InChI is InChI=1S/C12H10F4N4/c13-10-3-7(1-2-9(10)12(14,15)16)11(20-17)8-4-18-6-19-5-8/h1-6,11,20H,17H2. The van der Waals surface area contributed by atoms with Gasteiger partial charge < -0.3 is 0 Å². The highest BCUT2D eigenvalue weighted by atomic mass is 19.4. The summed E-state index contributed by atoms with van der Waals surface area (Å²) in [6.45, 7) is 0. The van der Waals surface area contributed by atoms with Crippen molar-refractivity contribution in [3.8, 4) is 0 Å². The molecule has 8 heteroatoms. The van der Waals surface area contributed by atoms with Gasteiger partial charge in [0, 0.05) is 18.0 Å². The van der Waals surface area contributed by atoms with E-state index in [1.807, 2.05) is 0 Å². The molecule has 0 bridgehead atoms. The summed E-state index contributed by atoms with van der Waals surface area (Å²) in [6, 6.07) is 1.93. The minimum atomic E-state index is -4.73. The highest BCUT2D eigenvalue weighted by Gasteiger charge is 2.34. The molecule has 0 aliphatic rings. The molecule has 0 amide bonds. The van der Waals surface area contributed by atoms with Gasteiger partial charge in [-0.2, -0.15) is 13.2 Å². The lowest BCUT2D eigenvalue weighted by atomic mass is 10.00. The fraction of sp³-hybridized carbons (Fsp3) is 0.167. The monoisotopic (exact) mass is 286 g/mol. The molecular formula is C12H10F4N4. The first-order valence-corrected chi connectivity index (χ1v) is 5.51. The van der Waals surface area contributed by atoms with Gasteiger partial charge in [-0.15, -0.1) is 0 Å². The number of alkyl halides is 3. The predicted octanol–water partition coefficient (Wildman–Crippen LogP) is 2.19. The molecule has 0 fully saturated rings. The van der Waals surface area contributed by atoms with E-state index in [0.29, 0.717) is 11.6 Å². The Morgan fingerprint density at radius 2 is 1.75 bits per heavy atom. The second-order valence-electron chi connectivity index (χ2n) is 4.01. The molecule has 0 saturated heterocycles. The van der Waals surface area contributed by atoms with Crippen molar-refractivity contribution < 1.29 is 17.6 Å². The molecule has 0 aliphatic carbocycles. The van der Waals surface area contributed by atoms with Crippen molar-refractivity contribution in [1.29, 1.82) is 0 Å². The Hall–Kier alpha value is -2.06. The molecule has 1 aromatic carbocycles. The average Bonchev–Trinajstić information content (AvgIpc) is 2.39. The molecule has 20 heavy (non-hydrogen) atoms. The van der Waals surface area contributed by atoms with Crippen LogP contribution in [0.3, 0.4) is 0 Å². The van der Waals surface area contributed by atoms with Crippen LogP contribution in [0, 0.1) is 5.82 Å². The summed E-state index contributed by atoms with van der Waals surface area (Å²) in [7, 11) is 0. The van der Waals surface area contributed by atoms with E-state index in [1.54, 1.807) is 0 Å². The lowest BCUT2D eigenvalue weighted by Crippen LogP contribution is -2.29. The number of rotatable bonds is 3. The summed E-state index contributed by atoms with van der Waals surface area (Å²) in [5.41, 5.74) is 1.83. The second-order valence-corrected chi connectivity index (χ2v) is 4.01. The van der Waals surface area contributed by atoms with Crippen LogP contribution in [0.2, 0.25) is 0 Å². The van der Waals surface area contributed by atoms with E-state index in [9.17, 15) is 17.6 Å². The van der Waals surface area contributed by atoms with Crippen LogP contribution in [-0.4, -0.2) is 9.97 Å². The molecule has 106 valence electrons. The van der Waals surface area contributed by atoms with Crippen LogP contribution in [0.1, 0.15) is 22.7 Å². The number of nitrogens with one attached hydrogen (secondary N) is 1. The minimum absolute atomic E-state index is 0.243. The number of benzene rings is 1. The quantitative estimate of drug-likeness (QED) is 0.516. The molecule has 0 radical (unpaired) electrons. The number of hydrogen-bond acceptors (Lipinski definition) is 4. The Morgan fingerprint density at radius 1 is 1.10 bits per heavy atom. The highest BCUT2D eigenvalue weighted by Crippen LogP contribution is 2.33. The van der Waals surface area contributed by atoms with Gasteiger partial charge in [-0.05, 0) is 17.7 Å². The van der Waals surface area contributed by atoms with E-state index in [4.69, 9.17) is 5.84 Å². The van der Waals surface area contributed by atoms with Crippen LogP contribution in [0.25, 0.3) is 0 Å². The van der Waals surface area contributed by atoms with Gasteiger partial charge in [0.2, 0.25) is 0 Å². The summed E-state index contributed by atoms with van der Waals surface area (Å²) in [4.78, 5) is 7.56. The molecule has 4 nitrogen and oxygen atoms in total. The van der Waals surface area contributed by atoms with Gasteiger partial charge in [0.25, 0.3) is 0 Å². The van der Waals surface area contributed by atoms with Crippen molar-refractivity contribution in [2.24, 2.45) is 5.84 Å². The first kappa shape index (κ1) is 14.4. The van der Waals surface area contributed by atoms with Crippen LogP contribution in [0.5, 0.6) is 0 Å². The number of halogens is 4. The lowest BCUT2D eigenvalue weighted by molar-refractivity contribution is -0.140. The zero-order chi connectivity index (χ0) is 14.8. The molecule has 0 spiro atoms. The fourth-order valence-electron chi connectivity index (χ4n) is 1.79. The Balaban J connectivity index is 2.40. The third kappa shape index (κ3) is 2.91. The van der Waals surface area contributed by atoms with E-state index in [1.165, 1.54) is 18.7 Å². The Labute approximate surface area is 111 Å². The highest BCUT2D eigenvalue weighted by molar-refractivity contribution is 5.33. The van der Waals surface area contributed by atoms with Gasteiger partial charge in [0.15, 0.2) is 0 Å². The topological polar surface area (TPSA) is 63.8 Å². The van der Waals surface area contributed by atoms with Crippen LogP contribution in [0.4, 0.5) is 17.6 Å². The maximum absolute atomic E-state index is 13.5. The molecule has 3 N–H and O–H groups in total. The molecule has 0 aliphatic heterocycles. The van der Waals surface area contributed by atoms with Crippen LogP contribution in [0.15, 0.2) is 36.9 Å². The Kier molecular flexibility index (Phi) is 3.96. The van der Waals surface area contributed by atoms with Gasteiger partial charge in [0.05, 0.1) is 11.6 Å². The molecule has 0 saturated carbocycles. The van der Waals surface area contributed by atoms with E-state index < -0.39 is 23.6 Å². The first-order valence-electron chi connectivity index (χ1n) is 5.51. The van der Waals surface area contributed by atoms with Crippen LogP contribution >= 0.6 is 0 Å². The molecule has 1 atom stereocenters. The number of hydrogen-bond donors (Lipinski definition) is 2. The number of aromatic nitrogens is 2. The van der Waals surface area contributed by atoms with Gasteiger partial charge in [-0.1, -0.05) is 6.07 Å². The molecule has 2 rings (SSSR count). The smallest absolute Gasteiger partial charge is 0.271 e. The summed E-state index contributed by atoms with van der Waals surface area (Å²) >= 11 is 0. The Morgan fingerprint density at radius 3 is 2.25 bits per heavy atom. The van der Waals surface area contributed by atoms with E-state index in [-0.39, 0.29) is 5.56 Å². The largest absolute Gasteiger partial charge is 0.419 e. The molecule has 1 unspecified atom stereocenters. The van der Waals surface area contributed by atoms with Crippen LogP contribution in [-0.2, 0) is 6.18 Å². The van der Waals surface area contributed by atoms with Gasteiger partial charge in [-0.25, -0.2) is 19.8 Å². The predicted molar refractivity (Wildman–Crippen MR) is 62.6 cm³/mol. The Bertz CT molecular complexity index is 586. The van der Waals surface area contributed by atoms with Gasteiger partial charge >= 0.3 is 6.18 Å². The molecule has 1 aromatic heterocycles. The number of nitrogens with zero attached hydrogens (tertiary/aromatic N) is 2. The van der Waals surface area contributed by atoms with Gasteiger partial charge in [-0.3, -0.25) is 5.84 Å². The van der Waals surface area contributed by atoms with E-state index in [2.05, 4.69) is 15.4 Å². The first-order chi connectivity index (χ1) is 9.43. The second kappa shape index (κ2) is 5.51. The zero-order valence-electron chi connectivity index (χ0n) is 10.0. The number of hydrazine groups is 1. The molecular weight excluding hydrogens is 276 g/mol. The van der Waals surface area contributed by atoms with Crippen molar-refractivity contribution in [2.75, 3.05) is 0 Å². The maximum atomic E-state index is 13.5. The van der Waals surface area contributed by atoms with Crippen molar-refractivity contribution in [1.82, 2.24) is 15.4 Å². The molecule has 1 heterocycles. The van der Waals surface area contributed by atoms with Crippen molar-refractivity contribution in [3.05, 3.63) is 59.4 Å². The zero-order valence-corrected chi connectivity index (χ0v) is 10.0. The maximum Gasteiger partial charge on any atom is 0.419 e. The van der Waals surface area contributed by atoms with Crippen molar-refractivity contribution in [3.63, 3.8) is 0 Å². The summed E-state index contributed by atoms with van der Waals surface area (Å²) < 4.78 is 51.0.